The van der Waals surface area contributed by atoms with Gasteiger partial charge in [0.1, 0.15) is 5.75 Å². The number of rotatable bonds is 2. The molecule has 0 aromatic heterocycles. The third-order valence-corrected chi connectivity index (χ3v) is 3.78. The molecule has 0 bridgehead atoms. The topological polar surface area (TPSA) is 60.7 Å². The van der Waals surface area contributed by atoms with Gasteiger partial charge in [-0.15, -0.1) is 0 Å². The molecule has 21 heavy (non-hydrogen) atoms. The average molecular weight is 301 g/mol. The second-order valence-electron chi connectivity index (χ2n) is 4.87. The van der Waals surface area contributed by atoms with Crippen molar-refractivity contribution in [2.24, 2.45) is 0 Å². The highest BCUT2D eigenvalue weighted by atomic mass is 35.5. The van der Waals surface area contributed by atoms with Crippen LogP contribution in [0.4, 0.5) is 0 Å². The summed E-state index contributed by atoms with van der Waals surface area (Å²) in [4.78, 5) is 0. The van der Waals surface area contributed by atoms with Crippen molar-refractivity contribution in [1.29, 1.82) is 0 Å². The van der Waals surface area contributed by atoms with Gasteiger partial charge in [-0.2, -0.15) is 0 Å². The summed E-state index contributed by atoms with van der Waals surface area (Å²) in [6, 6.07) is 14.0. The number of benzene rings is 3. The zero-order valence-electron chi connectivity index (χ0n) is 11.0. The summed E-state index contributed by atoms with van der Waals surface area (Å²) in [7, 11) is 0. The molecule has 0 unspecified atom stereocenters. The SMILES string of the molecule is Oc1c(Cc2ccc(Cl)cc2)c(O)c2ccccc2c1O. The molecule has 0 radical (unpaired) electrons. The van der Waals surface area contributed by atoms with Gasteiger partial charge in [0, 0.05) is 27.8 Å². The van der Waals surface area contributed by atoms with Gasteiger partial charge in [0.15, 0.2) is 11.5 Å². The minimum absolute atomic E-state index is 0.0177. The normalized spacial score (nSPS) is 10.9. The van der Waals surface area contributed by atoms with E-state index in [4.69, 9.17) is 11.6 Å². The Labute approximate surface area is 126 Å². The summed E-state index contributed by atoms with van der Waals surface area (Å²) in [6.45, 7) is 0. The molecule has 3 rings (SSSR count). The van der Waals surface area contributed by atoms with Gasteiger partial charge in [0.25, 0.3) is 0 Å². The van der Waals surface area contributed by atoms with E-state index in [1.807, 2.05) is 12.1 Å². The van der Waals surface area contributed by atoms with Crippen LogP contribution in [-0.2, 0) is 6.42 Å². The van der Waals surface area contributed by atoms with E-state index in [2.05, 4.69) is 0 Å². The van der Waals surface area contributed by atoms with E-state index >= 15 is 0 Å². The fourth-order valence-corrected chi connectivity index (χ4v) is 2.54. The summed E-state index contributed by atoms with van der Waals surface area (Å²) < 4.78 is 0. The van der Waals surface area contributed by atoms with Crippen LogP contribution in [-0.4, -0.2) is 15.3 Å². The van der Waals surface area contributed by atoms with Gasteiger partial charge < -0.3 is 15.3 Å². The maximum absolute atomic E-state index is 10.4. The van der Waals surface area contributed by atoms with Crippen molar-refractivity contribution in [2.45, 2.75) is 6.42 Å². The van der Waals surface area contributed by atoms with Crippen molar-refractivity contribution in [3.63, 3.8) is 0 Å². The quantitative estimate of drug-likeness (QED) is 0.491. The Hall–Kier alpha value is -2.39. The van der Waals surface area contributed by atoms with E-state index in [-0.39, 0.29) is 17.2 Å². The highest BCUT2D eigenvalue weighted by molar-refractivity contribution is 6.30. The number of phenols is 3. The van der Waals surface area contributed by atoms with Crippen LogP contribution >= 0.6 is 11.6 Å². The first kappa shape index (κ1) is 13.6. The average Bonchev–Trinajstić information content (AvgIpc) is 2.51. The molecule has 4 heteroatoms. The van der Waals surface area contributed by atoms with Gasteiger partial charge in [-0.25, -0.2) is 0 Å². The van der Waals surface area contributed by atoms with Gasteiger partial charge in [-0.1, -0.05) is 48.0 Å². The zero-order valence-corrected chi connectivity index (χ0v) is 11.8. The largest absolute Gasteiger partial charge is 0.507 e. The number of halogens is 1. The molecule has 3 aromatic carbocycles. The maximum Gasteiger partial charge on any atom is 0.166 e. The Balaban J connectivity index is 2.16. The molecule has 0 aliphatic rings. The highest BCUT2D eigenvalue weighted by Crippen LogP contribution is 2.44. The molecule has 3 N–H and O–H groups in total. The molecule has 0 amide bonds. The first-order chi connectivity index (χ1) is 10.1. The van der Waals surface area contributed by atoms with Crippen molar-refractivity contribution in [3.05, 3.63) is 64.7 Å². The van der Waals surface area contributed by atoms with Crippen LogP contribution in [0.3, 0.4) is 0 Å². The van der Waals surface area contributed by atoms with Crippen LogP contribution in [0.25, 0.3) is 10.8 Å². The molecule has 0 fully saturated rings. The predicted octanol–water partition coefficient (Wildman–Crippen LogP) is 4.20. The van der Waals surface area contributed by atoms with Gasteiger partial charge >= 0.3 is 0 Å². The Kier molecular flexibility index (Phi) is 3.35. The summed E-state index contributed by atoms with van der Waals surface area (Å²) in [5.74, 6) is -0.524. The molecule has 0 atom stereocenters. The fourth-order valence-electron chi connectivity index (χ4n) is 2.42. The molecular formula is C17H13ClO3. The summed E-state index contributed by atoms with van der Waals surface area (Å²) >= 11 is 5.84. The minimum atomic E-state index is -0.291. The van der Waals surface area contributed by atoms with E-state index < -0.39 is 0 Å². The smallest absolute Gasteiger partial charge is 0.166 e. The number of aromatic hydroxyl groups is 3. The second-order valence-corrected chi connectivity index (χ2v) is 5.31. The lowest BCUT2D eigenvalue weighted by Crippen LogP contribution is -1.92. The second kappa shape index (κ2) is 5.19. The predicted molar refractivity (Wildman–Crippen MR) is 83.2 cm³/mol. The molecular weight excluding hydrogens is 288 g/mol. The van der Waals surface area contributed by atoms with Crippen molar-refractivity contribution in [3.8, 4) is 17.2 Å². The van der Waals surface area contributed by atoms with Crippen LogP contribution < -0.4 is 0 Å². The van der Waals surface area contributed by atoms with E-state index in [1.165, 1.54) is 0 Å². The summed E-state index contributed by atoms with van der Waals surface area (Å²) in [6.07, 6.45) is 0.299. The summed E-state index contributed by atoms with van der Waals surface area (Å²) in [5, 5.41) is 32.2. The molecule has 0 aliphatic heterocycles. The zero-order chi connectivity index (χ0) is 15.0. The minimum Gasteiger partial charge on any atom is -0.507 e. The van der Waals surface area contributed by atoms with Crippen molar-refractivity contribution >= 4 is 22.4 Å². The van der Waals surface area contributed by atoms with Crippen LogP contribution in [0.2, 0.25) is 5.02 Å². The van der Waals surface area contributed by atoms with E-state index in [9.17, 15) is 15.3 Å². The molecule has 0 heterocycles. The van der Waals surface area contributed by atoms with Gasteiger partial charge in [-0.05, 0) is 17.7 Å². The lowest BCUT2D eigenvalue weighted by Gasteiger charge is -2.13. The van der Waals surface area contributed by atoms with Crippen LogP contribution in [0.5, 0.6) is 17.2 Å². The van der Waals surface area contributed by atoms with E-state index in [0.29, 0.717) is 27.8 Å². The number of fused-ring (bicyclic) bond motifs is 1. The number of hydrogen-bond donors (Lipinski definition) is 3. The molecule has 0 saturated carbocycles. The highest BCUT2D eigenvalue weighted by Gasteiger charge is 2.18. The van der Waals surface area contributed by atoms with Crippen molar-refractivity contribution in [1.82, 2.24) is 0 Å². The molecule has 0 saturated heterocycles. The molecule has 3 nitrogen and oxygen atoms in total. The Morgan fingerprint density at radius 2 is 1.29 bits per heavy atom. The first-order valence-corrected chi connectivity index (χ1v) is 6.84. The van der Waals surface area contributed by atoms with Crippen molar-refractivity contribution < 1.29 is 15.3 Å². The third-order valence-electron chi connectivity index (χ3n) is 3.53. The van der Waals surface area contributed by atoms with Gasteiger partial charge in [-0.3, -0.25) is 0 Å². The van der Waals surface area contributed by atoms with Crippen LogP contribution in [0.1, 0.15) is 11.1 Å². The molecule has 106 valence electrons. The van der Waals surface area contributed by atoms with Gasteiger partial charge in [0.05, 0.1) is 0 Å². The molecule has 0 aliphatic carbocycles. The van der Waals surface area contributed by atoms with Crippen LogP contribution in [0.15, 0.2) is 48.5 Å². The Morgan fingerprint density at radius 3 is 1.90 bits per heavy atom. The molecule has 3 aromatic rings. The standard InChI is InChI=1S/C17H13ClO3/c18-11-7-5-10(6-8-11)9-14-15(19)12-3-1-2-4-13(12)16(20)17(14)21/h1-8,19-21H,9H2. The Morgan fingerprint density at radius 1 is 0.714 bits per heavy atom. The van der Waals surface area contributed by atoms with Crippen LogP contribution in [0, 0.1) is 0 Å². The summed E-state index contributed by atoms with van der Waals surface area (Å²) in [5.41, 5.74) is 1.17. The number of hydrogen-bond acceptors (Lipinski definition) is 3. The third kappa shape index (κ3) is 2.36. The molecule has 0 spiro atoms. The lowest BCUT2D eigenvalue weighted by atomic mass is 9.97. The lowest BCUT2D eigenvalue weighted by molar-refractivity contribution is 0.396. The van der Waals surface area contributed by atoms with E-state index in [1.54, 1.807) is 36.4 Å². The monoisotopic (exact) mass is 300 g/mol. The first-order valence-electron chi connectivity index (χ1n) is 6.47. The fraction of sp³-hybridized carbons (Fsp3) is 0.0588. The maximum atomic E-state index is 10.4. The van der Waals surface area contributed by atoms with Gasteiger partial charge in [0.2, 0.25) is 0 Å². The van der Waals surface area contributed by atoms with Crippen molar-refractivity contribution in [2.75, 3.05) is 0 Å². The van der Waals surface area contributed by atoms with E-state index in [0.717, 1.165) is 5.56 Å². The Bertz CT molecular complexity index is 810. The number of phenolic OH excluding ortho intramolecular Hbond substituents is 3.